The Hall–Kier alpha value is -4.44. The molecule has 166 valence electrons. The molecular weight excluding hydrogens is 420 g/mol. The van der Waals surface area contributed by atoms with Crippen LogP contribution in [0, 0.1) is 18.3 Å². The van der Waals surface area contributed by atoms with Crippen LogP contribution >= 0.6 is 0 Å². The summed E-state index contributed by atoms with van der Waals surface area (Å²) in [4.78, 5) is 12.6. The molecule has 1 aliphatic heterocycles. The van der Waals surface area contributed by atoms with E-state index in [0.29, 0.717) is 34.1 Å². The summed E-state index contributed by atoms with van der Waals surface area (Å²) in [5.74, 6) is 0.848. The second kappa shape index (κ2) is 8.97. The van der Waals surface area contributed by atoms with E-state index in [0.717, 1.165) is 11.1 Å². The summed E-state index contributed by atoms with van der Waals surface area (Å²) in [7, 11) is 3.10. The van der Waals surface area contributed by atoms with E-state index in [1.165, 1.54) is 0 Å². The highest BCUT2D eigenvalue weighted by atomic mass is 16.5. The predicted octanol–water partition coefficient (Wildman–Crippen LogP) is 4.45. The van der Waals surface area contributed by atoms with E-state index < -0.39 is 11.9 Å². The van der Waals surface area contributed by atoms with E-state index in [1.54, 1.807) is 56.7 Å². The lowest BCUT2D eigenvalue weighted by Crippen LogP contribution is -2.21. The molecule has 7 nitrogen and oxygen atoms in total. The molecule has 3 aromatic rings. The van der Waals surface area contributed by atoms with Crippen molar-refractivity contribution >= 4 is 5.97 Å². The zero-order valence-electron chi connectivity index (χ0n) is 18.4. The van der Waals surface area contributed by atoms with Crippen LogP contribution in [0.2, 0.25) is 0 Å². The maximum absolute atomic E-state index is 12.6. The predicted molar refractivity (Wildman–Crippen MR) is 121 cm³/mol. The summed E-state index contributed by atoms with van der Waals surface area (Å²) < 4.78 is 22.0. The van der Waals surface area contributed by atoms with Gasteiger partial charge >= 0.3 is 5.97 Å². The third kappa shape index (κ3) is 4.06. The highest BCUT2D eigenvalue weighted by molar-refractivity contribution is 5.92. The Balaban J connectivity index is 1.73. The molecule has 0 aliphatic carbocycles. The van der Waals surface area contributed by atoms with E-state index in [4.69, 9.17) is 24.7 Å². The van der Waals surface area contributed by atoms with Crippen LogP contribution in [0.25, 0.3) is 0 Å². The van der Waals surface area contributed by atoms with Gasteiger partial charge in [0.2, 0.25) is 5.88 Å². The molecule has 0 saturated heterocycles. The van der Waals surface area contributed by atoms with Gasteiger partial charge in [-0.3, -0.25) is 0 Å². The number of rotatable bonds is 5. The Labute approximate surface area is 191 Å². The average Bonchev–Trinajstić information content (AvgIpc) is 2.82. The van der Waals surface area contributed by atoms with E-state index in [2.05, 4.69) is 6.07 Å². The number of methoxy groups -OCH3 is 2. The SMILES string of the molecule is COc1ccc(C2C(C#N)=C(N)Oc3cc(OC(=O)c4ccccc4C)ccc32)cc1OC. The lowest BCUT2D eigenvalue weighted by molar-refractivity contribution is 0.0733. The van der Waals surface area contributed by atoms with Crippen LogP contribution in [0.3, 0.4) is 0 Å². The van der Waals surface area contributed by atoms with Crippen LogP contribution in [-0.4, -0.2) is 20.2 Å². The lowest BCUT2D eigenvalue weighted by atomic mass is 9.83. The number of carbonyl (C=O) groups is 1. The van der Waals surface area contributed by atoms with E-state index in [9.17, 15) is 10.1 Å². The fourth-order valence-electron chi connectivity index (χ4n) is 3.84. The van der Waals surface area contributed by atoms with Crippen molar-refractivity contribution in [2.45, 2.75) is 12.8 Å². The maximum Gasteiger partial charge on any atom is 0.343 e. The van der Waals surface area contributed by atoms with Crippen LogP contribution in [0.15, 0.2) is 72.1 Å². The van der Waals surface area contributed by atoms with Crippen molar-refractivity contribution in [3.8, 4) is 29.1 Å². The molecule has 33 heavy (non-hydrogen) atoms. The first kappa shape index (κ1) is 21.8. The largest absolute Gasteiger partial charge is 0.493 e. The van der Waals surface area contributed by atoms with E-state index in [-0.39, 0.29) is 11.5 Å². The first-order chi connectivity index (χ1) is 16.0. The Kier molecular flexibility index (Phi) is 5.92. The summed E-state index contributed by atoms with van der Waals surface area (Å²) >= 11 is 0. The second-order valence-corrected chi connectivity index (χ2v) is 7.44. The highest BCUT2D eigenvalue weighted by Crippen LogP contribution is 2.45. The molecule has 1 atom stereocenters. The molecular formula is C26H22N2O5. The van der Waals surface area contributed by atoms with Gasteiger partial charge in [0.15, 0.2) is 11.5 Å². The molecule has 0 bridgehead atoms. The quantitative estimate of drug-likeness (QED) is 0.460. The van der Waals surface area contributed by atoms with E-state index in [1.807, 2.05) is 25.1 Å². The Morgan fingerprint density at radius 3 is 2.48 bits per heavy atom. The summed E-state index contributed by atoms with van der Waals surface area (Å²) in [6.45, 7) is 1.84. The van der Waals surface area contributed by atoms with Crippen molar-refractivity contribution in [1.29, 1.82) is 5.26 Å². The molecule has 3 aromatic carbocycles. The number of nitrogens with zero attached hydrogens (tertiary/aromatic N) is 1. The van der Waals surface area contributed by atoms with Crippen LogP contribution in [0.1, 0.15) is 33.0 Å². The molecule has 1 aliphatic rings. The van der Waals surface area contributed by atoms with Gasteiger partial charge in [-0.1, -0.05) is 30.3 Å². The highest BCUT2D eigenvalue weighted by Gasteiger charge is 2.31. The van der Waals surface area contributed by atoms with Gasteiger partial charge in [-0.2, -0.15) is 5.26 Å². The van der Waals surface area contributed by atoms with Crippen molar-refractivity contribution in [3.05, 3.63) is 94.4 Å². The van der Waals surface area contributed by atoms with Gasteiger partial charge in [0.05, 0.1) is 25.7 Å². The van der Waals surface area contributed by atoms with Crippen LogP contribution in [-0.2, 0) is 0 Å². The molecule has 0 saturated carbocycles. The summed E-state index contributed by atoms with van der Waals surface area (Å²) in [6.07, 6.45) is 0. The first-order valence-corrected chi connectivity index (χ1v) is 10.2. The molecule has 1 unspecified atom stereocenters. The molecule has 0 radical (unpaired) electrons. The van der Waals surface area contributed by atoms with E-state index >= 15 is 0 Å². The third-order valence-corrected chi connectivity index (χ3v) is 5.51. The number of carbonyl (C=O) groups excluding carboxylic acids is 1. The zero-order chi connectivity index (χ0) is 23.5. The van der Waals surface area contributed by atoms with Gasteiger partial charge < -0.3 is 24.7 Å². The lowest BCUT2D eigenvalue weighted by Gasteiger charge is -2.27. The number of nitriles is 1. The number of hydrogen-bond donors (Lipinski definition) is 1. The number of aryl methyl sites for hydroxylation is 1. The number of hydrogen-bond acceptors (Lipinski definition) is 7. The van der Waals surface area contributed by atoms with Crippen molar-refractivity contribution < 1.29 is 23.7 Å². The minimum atomic E-state index is -0.486. The fraction of sp³-hybridized carbons (Fsp3) is 0.154. The number of allylic oxidation sites excluding steroid dienone is 1. The minimum Gasteiger partial charge on any atom is -0.493 e. The molecule has 0 spiro atoms. The fourth-order valence-corrected chi connectivity index (χ4v) is 3.84. The van der Waals surface area contributed by atoms with Crippen molar-refractivity contribution in [2.75, 3.05) is 14.2 Å². The minimum absolute atomic E-state index is 0.00725. The molecule has 7 heteroatoms. The summed E-state index contributed by atoms with van der Waals surface area (Å²) in [5, 5.41) is 9.78. The Bertz CT molecular complexity index is 1310. The van der Waals surface area contributed by atoms with Gasteiger partial charge in [-0.15, -0.1) is 0 Å². The Morgan fingerprint density at radius 2 is 1.79 bits per heavy atom. The van der Waals surface area contributed by atoms with Gasteiger partial charge in [0.1, 0.15) is 23.1 Å². The normalized spacial score (nSPS) is 14.5. The zero-order valence-corrected chi connectivity index (χ0v) is 18.4. The number of benzene rings is 3. The number of fused-ring (bicyclic) bond motifs is 1. The maximum atomic E-state index is 12.6. The number of ether oxygens (including phenoxy) is 4. The van der Waals surface area contributed by atoms with Crippen molar-refractivity contribution in [1.82, 2.24) is 0 Å². The summed E-state index contributed by atoms with van der Waals surface area (Å²) in [5.41, 5.74) is 9.15. The van der Waals surface area contributed by atoms with Crippen LogP contribution < -0.4 is 24.7 Å². The molecule has 4 rings (SSSR count). The van der Waals surface area contributed by atoms with Crippen LogP contribution in [0.5, 0.6) is 23.0 Å². The number of nitrogens with two attached hydrogens (primary N) is 1. The van der Waals surface area contributed by atoms with Gasteiger partial charge in [-0.05, 0) is 42.3 Å². The van der Waals surface area contributed by atoms with Gasteiger partial charge in [0, 0.05) is 11.6 Å². The monoisotopic (exact) mass is 442 g/mol. The van der Waals surface area contributed by atoms with Gasteiger partial charge in [-0.25, -0.2) is 4.79 Å². The second-order valence-electron chi connectivity index (χ2n) is 7.44. The molecule has 1 heterocycles. The average molecular weight is 442 g/mol. The molecule has 0 aromatic heterocycles. The standard InChI is InChI=1S/C26H22N2O5/c1-15-6-4-5-7-18(15)26(29)32-17-9-10-19-22(13-17)33-25(28)20(14-27)24(19)16-8-11-21(30-2)23(12-16)31-3/h4-13,24H,28H2,1-3H3. The molecule has 0 fully saturated rings. The number of esters is 1. The van der Waals surface area contributed by atoms with Gasteiger partial charge in [0.25, 0.3) is 0 Å². The van der Waals surface area contributed by atoms with Crippen molar-refractivity contribution in [2.24, 2.45) is 5.73 Å². The summed E-state index contributed by atoms with van der Waals surface area (Å²) in [6, 6.07) is 19.8. The molecule has 2 N–H and O–H groups in total. The third-order valence-electron chi connectivity index (χ3n) is 5.51. The van der Waals surface area contributed by atoms with Crippen LogP contribution in [0.4, 0.5) is 0 Å². The molecule has 0 amide bonds. The van der Waals surface area contributed by atoms with Crippen molar-refractivity contribution in [3.63, 3.8) is 0 Å². The first-order valence-electron chi connectivity index (χ1n) is 10.2. The Morgan fingerprint density at radius 1 is 1.03 bits per heavy atom. The topological polar surface area (TPSA) is 104 Å². The smallest absolute Gasteiger partial charge is 0.343 e.